The summed E-state index contributed by atoms with van der Waals surface area (Å²) in [5.41, 5.74) is 11.2. The molecule has 0 N–H and O–H groups in total. The van der Waals surface area contributed by atoms with Crippen molar-refractivity contribution in [1.29, 1.82) is 0 Å². The highest BCUT2D eigenvalue weighted by Crippen LogP contribution is 2.41. The summed E-state index contributed by atoms with van der Waals surface area (Å²) < 4.78 is 0. The molecular weight excluding hydrogens is 509 g/mol. The third kappa shape index (κ3) is 5.57. The molecule has 1 aromatic heterocycles. The molecule has 0 saturated heterocycles. The van der Waals surface area contributed by atoms with Crippen molar-refractivity contribution in [3.05, 3.63) is 162 Å². The summed E-state index contributed by atoms with van der Waals surface area (Å²) in [5.74, 6) is 0.702. The zero-order valence-corrected chi connectivity index (χ0v) is 24.0. The first-order chi connectivity index (χ1) is 20.6. The predicted molar refractivity (Wildman–Crippen MR) is 178 cm³/mol. The van der Waals surface area contributed by atoms with Gasteiger partial charge in [-0.1, -0.05) is 109 Å². The van der Waals surface area contributed by atoms with Gasteiger partial charge in [0.25, 0.3) is 0 Å². The van der Waals surface area contributed by atoms with Crippen LogP contribution in [0.1, 0.15) is 16.7 Å². The summed E-state index contributed by atoms with van der Waals surface area (Å²) in [6.45, 7) is 4.78. The molecule has 0 aliphatic rings. The lowest BCUT2D eigenvalue weighted by molar-refractivity contribution is 0.977. The van der Waals surface area contributed by atoms with Crippen molar-refractivity contribution in [1.82, 2.24) is 4.98 Å². The van der Waals surface area contributed by atoms with Crippen LogP contribution < -0.4 is 9.71 Å². The maximum atomic E-state index is 6.83. The molecule has 3 nitrogen and oxygen atoms in total. The van der Waals surface area contributed by atoms with Crippen LogP contribution in [0.2, 0.25) is 0 Å². The largest absolute Gasteiger partial charge is 0.381 e. The maximum absolute atomic E-state index is 6.83. The van der Waals surface area contributed by atoms with E-state index in [4.69, 9.17) is 7.98 Å². The highest BCUT2D eigenvalue weighted by molar-refractivity contribution is 6.23. The summed E-state index contributed by atoms with van der Waals surface area (Å²) in [5, 5.41) is 0. The first-order valence-electron chi connectivity index (χ1n) is 14.2. The van der Waals surface area contributed by atoms with Crippen molar-refractivity contribution in [2.24, 2.45) is 0 Å². The fourth-order valence-corrected chi connectivity index (χ4v) is 5.38. The number of nitrogens with zero attached hydrogens (tertiary/aromatic N) is 3. The van der Waals surface area contributed by atoms with E-state index in [0.717, 1.165) is 28.2 Å². The van der Waals surface area contributed by atoms with E-state index in [1.165, 1.54) is 27.8 Å². The minimum Gasteiger partial charge on any atom is -0.381 e. The Morgan fingerprint density at radius 3 is 1.67 bits per heavy atom. The Morgan fingerprint density at radius 1 is 0.571 bits per heavy atom. The molecule has 6 rings (SSSR count). The molecule has 0 unspecified atom stereocenters. The van der Waals surface area contributed by atoms with Gasteiger partial charge in [-0.3, -0.25) is 0 Å². The summed E-state index contributed by atoms with van der Waals surface area (Å²) in [6.07, 6.45) is 1.88. The molecule has 0 aliphatic carbocycles. The van der Waals surface area contributed by atoms with Gasteiger partial charge in [0.05, 0.1) is 11.4 Å². The number of para-hydroxylation sites is 3. The molecule has 5 aromatic carbocycles. The number of hydrogen-bond donors (Lipinski definition) is 0. The molecule has 0 amide bonds. The van der Waals surface area contributed by atoms with Crippen LogP contribution >= 0.6 is 0 Å². The number of aryl methyl sites for hydroxylation is 2. The first kappa shape index (κ1) is 27.1. The molecule has 0 bridgehead atoms. The van der Waals surface area contributed by atoms with Crippen molar-refractivity contribution in [2.45, 2.75) is 20.4 Å². The van der Waals surface area contributed by atoms with E-state index in [2.05, 4.69) is 151 Å². The Morgan fingerprint density at radius 2 is 1.10 bits per heavy atom. The summed E-state index contributed by atoms with van der Waals surface area (Å²) in [6, 6.07) is 48.7. The standard InChI is InChI=1S/C38H32BN3/c1-28-25-38(40-26-29(28)2)42(39)37-24-13-12-23-36(37)41(32-19-10-5-11-20-32)27-35-33(30-15-6-3-7-16-30)21-14-22-34(35)31-17-8-4-9-18-31/h3-26H,27H2,1-2H3. The molecular formula is C38H32BN3. The molecule has 2 radical (unpaired) electrons. The van der Waals surface area contributed by atoms with Gasteiger partial charge in [0.15, 0.2) is 0 Å². The number of benzene rings is 5. The maximum Gasteiger partial charge on any atom is 0.236 e. The number of aromatic nitrogens is 1. The lowest BCUT2D eigenvalue weighted by Gasteiger charge is -2.32. The van der Waals surface area contributed by atoms with Gasteiger partial charge in [0.1, 0.15) is 5.82 Å². The number of rotatable bonds is 8. The Kier molecular flexibility index (Phi) is 7.87. The molecule has 0 fully saturated rings. The van der Waals surface area contributed by atoms with Crippen molar-refractivity contribution >= 4 is 30.9 Å². The summed E-state index contributed by atoms with van der Waals surface area (Å²) in [7, 11) is 6.83. The van der Waals surface area contributed by atoms with Crippen molar-refractivity contribution in [3.8, 4) is 22.3 Å². The Hall–Kier alpha value is -5.09. The van der Waals surface area contributed by atoms with Crippen LogP contribution in [-0.2, 0) is 6.54 Å². The van der Waals surface area contributed by atoms with Gasteiger partial charge in [0, 0.05) is 18.4 Å². The average Bonchev–Trinajstić information content (AvgIpc) is 3.06. The van der Waals surface area contributed by atoms with Crippen LogP contribution in [0, 0.1) is 13.8 Å². The third-order valence-corrected chi connectivity index (χ3v) is 7.77. The Balaban J connectivity index is 1.54. The first-order valence-corrected chi connectivity index (χ1v) is 14.2. The fourth-order valence-electron chi connectivity index (χ4n) is 5.38. The number of pyridine rings is 1. The van der Waals surface area contributed by atoms with E-state index in [9.17, 15) is 0 Å². The van der Waals surface area contributed by atoms with Crippen LogP contribution in [0.5, 0.6) is 0 Å². The molecule has 0 spiro atoms. The van der Waals surface area contributed by atoms with E-state index in [1.54, 1.807) is 4.81 Å². The smallest absolute Gasteiger partial charge is 0.236 e. The number of anilines is 4. The van der Waals surface area contributed by atoms with E-state index >= 15 is 0 Å². The molecule has 42 heavy (non-hydrogen) atoms. The monoisotopic (exact) mass is 541 g/mol. The van der Waals surface area contributed by atoms with Crippen LogP contribution in [0.15, 0.2) is 146 Å². The minimum atomic E-state index is 0.629. The van der Waals surface area contributed by atoms with Gasteiger partial charge in [-0.15, -0.1) is 0 Å². The number of hydrogen-bond acceptors (Lipinski definition) is 3. The van der Waals surface area contributed by atoms with Crippen LogP contribution in [0.25, 0.3) is 22.3 Å². The molecule has 0 atom stereocenters. The van der Waals surface area contributed by atoms with Gasteiger partial charge in [-0.25, -0.2) is 4.98 Å². The fraction of sp³-hybridized carbons (Fsp3) is 0.0789. The van der Waals surface area contributed by atoms with Crippen molar-refractivity contribution in [3.63, 3.8) is 0 Å². The highest BCUT2D eigenvalue weighted by atomic mass is 15.2. The second kappa shape index (κ2) is 12.2. The zero-order chi connectivity index (χ0) is 28.9. The molecule has 202 valence electrons. The summed E-state index contributed by atoms with van der Waals surface area (Å²) in [4.78, 5) is 8.71. The van der Waals surface area contributed by atoms with Gasteiger partial charge >= 0.3 is 0 Å². The van der Waals surface area contributed by atoms with Crippen LogP contribution in [0.3, 0.4) is 0 Å². The predicted octanol–water partition coefficient (Wildman–Crippen LogP) is 9.59. The molecule has 1 heterocycles. The summed E-state index contributed by atoms with van der Waals surface area (Å²) >= 11 is 0. The highest BCUT2D eigenvalue weighted by Gasteiger charge is 2.21. The van der Waals surface area contributed by atoms with Gasteiger partial charge in [0.2, 0.25) is 7.98 Å². The zero-order valence-electron chi connectivity index (χ0n) is 24.0. The van der Waals surface area contributed by atoms with Gasteiger partial charge in [-0.05, 0) is 83.1 Å². The van der Waals surface area contributed by atoms with E-state index < -0.39 is 0 Å². The minimum absolute atomic E-state index is 0.629. The second-order valence-corrected chi connectivity index (χ2v) is 10.5. The molecule has 4 heteroatoms. The molecule has 0 aliphatic heterocycles. The second-order valence-electron chi connectivity index (χ2n) is 10.5. The Labute approximate surface area is 250 Å². The SMILES string of the molecule is [B]N(c1cc(C)c(C)cn1)c1ccccc1N(Cc1c(-c2ccccc2)cccc1-c1ccccc1)c1ccccc1. The third-order valence-electron chi connectivity index (χ3n) is 7.77. The van der Waals surface area contributed by atoms with Crippen molar-refractivity contribution < 1.29 is 0 Å². The van der Waals surface area contributed by atoms with E-state index in [0.29, 0.717) is 12.4 Å². The lowest BCUT2D eigenvalue weighted by atomic mass is 9.91. The van der Waals surface area contributed by atoms with E-state index in [1.807, 2.05) is 18.3 Å². The lowest BCUT2D eigenvalue weighted by Crippen LogP contribution is -2.22. The van der Waals surface area contributed by atoms with Crippen molar-refractivity contribution in [2.75, 3.05) is 9.71 Å². The topological polar surface area (TPSA) is 19.4 Å². The normalized spacial score (nSPS) is 10.8. The molecule has 0 saturated carbocycles. The van der Waals surface area contributed by atoms with Crippen LogP contribution in [-0.4, -0.2) is 13.0 Å². The Bertz CT molecular complexity index is 1730. The van der Waals surface area contributed by atoms with Crippen LogP contribution in [0.4, 0.5) is 22.9 Å². The van der Waals surface area contributed by atoms with Gasteiger partial charge in [-0.2, -0.15) is 0 Å². The molecule has 6 aromatic rings. The van der Waals surface area contributed by atoms with Gasteiger partial charge < -0.3 is 9.71 Å². The average molecular weight is 542 g/mol. The quantitative estimate of drug-likeness (QED) is 0.179. The van der Waals surface area contributed by atoms with E-state index in [-0.39, 0.29) is 0 Å².